The molecule has 3 rings (SSSR count). The van der Waals surface area contributed by atoms with Crippen molar-refractivity contribution < 1.29 is 18.7 Å². The van der Waals surface area contributed by atoms with Crippen molar-refractivity contribution in [3.05, 3.63) is 58.9 Å². The van der Waals surface area contributed by atoms with E-state index >= 15 is 0 Å². The molecule has 2 atom stereocenters. The largest absolute Gasteiger partial charge is 0.497 e. The van der Waals surface area contributed by atoms with E-state index in [-0.39, 0.29) is 30.4 Å². The summed E-state index contributed by atoms with van der Waals surface area (Å²) in [6.07, 6.45) is 0. The van der Waals surface area contributed by atoms with Gasteiger partial charge in [-0.15, -0.1) is 0 Å². The SMILES string of the molecule is COc1ccc(OCC(=O)N2CC(C)N(Cc3ccc(F)cc3)CC2C)c(Cl)c1. The first-order valence-electron chi connectivity index (χ1n) is 9.61. The fourth-order valence-corrected chi connectivity index (χ4v) is 3.76. The minimum absolute atomic E-state index is 0.0501. The molecule has 1 amide bonds. The lowest BCUT2D eigenvalue weighted by atomic mass is 10.1. The summed E-state index contributed by atoms with van der Waals surface area (Å²) in [7, 11) is 1.56. The van der Waals surface area contributed by atoms with Gasteiger partial charge in [0.2, 0.25) is 0 Å². The Morgan fingerprint density at radius 2 is 1.86 bits per heavy atom. The van der Waals surface area contributed by atoms with Gasteiger partial charge in [-0.3, -0.25) is 9.69 Å². The number of ether oxygens (including phenoxy) is 2. The molecule has 5 nitrogen and oxygen atoms in total. The lowest BCUT2D eigenvalue weighted by Crippen LogP contribution is -2.58. The van der Waals surface area contributed by atoms with Crippen molar-refractivity contribution >= 4 is 17.5 Å². The Morgan fingerprint density at radius 3 is 2.52 bits per heavy atom. The second kappa shape index (κ2) is 9.46. The Bertz CT molecular complexity index is 846. The smallest absolute Gasteiger partial charge is 0.260 e. The fourth-order valence-electron chi connectivity index (χ4n) is 3.54. The van der Waals surface area contributed by atoms with Gasteiger partial charge in [-0.05, 0) is 43.7 Å². The zero-order valence-electron chi connectivity index (χ0n) is 16.9. The fraction of sp³-hybridized carbons (Fsp3) is 0.409. The number of amides is 1. The molecule has 0 aliphatic carbocycles. The Kier molecular flexibility index (Phi) is 6.98. The molecule has 0 radical (unpaired) electrons. The molecule has 29 heavy (non-hydrogen) atoms. The van der Waals surface area contributed by atoms with Crippen LogP contribution in [0.3, 0.4) is 0 Å². The molecule has 0 bridgehead atoms. The minimum atomic E-state index is -0.234. The van der Waals surface area contributed by atoms with E-state index in [2.05, 4.69) is 11.8 Å². The molecular weight excluding hydrogens is 395 g/mol. The molecular formula is C22H26ClFN2O3. The normalized spacial score (nSPS) is 19.8. The average molecular weight is 421 g/mol. The van der Waals surface area contributed by atoms with Crippen molar-refractivity contribution in [2.45, 2.75) is 32.5 Å². The first-order chi connectivity index (χ1) is 13.9. The highest BCUT2D eigenvalue weighted by Gasteiger charge is 2.32. The highest BCUT2D eigenvalue weighted by molar-refractivity contribution is 6.32. The van der Waals surface area contributed by atoms with Gasteiger partial charge in [0.15, 0.2) is 6.61 Å². The predicted molar refractivity (Wildman–Crippen MR) is 111 cm³/mol. The molecule has 2 aromatic rings. The molecule has 1 heterocycles. The number of benzene rings is 2. The highest BCUT2D eigenvalue weighted by atomic mass is 35.5. The molecule has 156 valence electrons. The number of carbonyl (C=O) groups is 1. The summed E-state index contributed by atoms with van der Waals surface area (Å²) in [6, 6.07) is 11.9. The summed E-state index contributed by atoms with van der Waals surface area (Å²) in [5.74, 6) is 0.782. The van der Waals surface area contributed by atoms with Crippen molar-refractivity contribution in [3.63, 3.8) is 0 Å². The zero-order chi connectivity index (χ0) is 21.0. The third-order valence-electron chi connectivity index (χ3n) is 5.22. The summed E-state index contributed by atoms with van der Waals surface area (Å²) in [5.41, 5.74) is 1.06. The second-order valence-corrected chi connectivity index (χ2v) is 7.79. The molecule has 1 aliphatic heterocycles. The molecule has 0 spiro atoms. The quantitative estimate of drug-likeness (QED) is 0.708. The van der Waals surface area contributed by atoms with Crippen LogP contribution >= 0.6 is 11.6 Å². The third kappa shape index (κ3) is 5.40. The van der Waals surface area contributed by atoms with E-state index in [0.717, 1.165) is 18.7 Å². The van der Waals surface area contributed by atoms with Gasteiger partial charge in [0.25, 0.3) is 5.91 Å². The van der Waals surface area contributed by atoms with Gasteiger partial charge in [-0.1, -0.05) is 23.7 Å². The number of halogens is 2. The van der Waals surface area contributed by atoms with Crippen molar-refractivity contribution in [2.75, 3.05) is 26.8 Å². The van der Waals surface area contributed by atoms with Crippen LogP contribution in [0.5, 0.6) is 11.5 Å². The van der Waals surface area contributed by atoms with Crippen molar-refractivity contribution in [1.82, 2.24) is 9.80 Å². The van der Waals surface area contributed by atoms with Crippen LogP contribution in [0, 0.1) is 5.82 Å². The molecule has 1 aliphatic rings. The van der Waals surface area contributed by atoms with Gasteiger partial charge >= 0.3 is 0 Å². The summed E-state index contributed by atoms with van der Waals surface area (Å²) >= 11 is 6.18. The molecule has 1 saturated heterocycles. The van der Waals surface area contributed by atoms with Crippen LogP contribution in [0.25, 0.3) is 0 Å². The Labute approximate surface area is 176 Å². The molecule has 0 saturated carbocycles. The van der Waals surface area contributed by atoms with E-state index in [1.54, 1.807) is 37.4 Å². The predicted octanol–water partition coefficient (Wildman–Crippen LogP) is 3.99. The van der Waals surface area contributed by atoms with E-state index in [9.17, 15) is 9.18 Å². The Morgan fingerprint density at radius 1 is 1.14 bits per heavy atom. The summed E-state index contributed by atoms with van der Waals surface area (Å²) < 4.78 is 23.9. The van der Waals surface area contributed by atoms with Crippen molar-refractivity contribution in [2.24, 2.45) is 0 Å². The Balaban J connectivity index is 1.56. The monoisotopic (exact) mass is 420 g/mol. The topological polar surface area (TPSA) is 42.0 Å². The minimum Gasteiger partial charge on any atom is -0.497 e. The van der Waals surface area contributed by atoms with E-state index in [4.69, 9.17) is 21.1 Å². The van der Waals surface area contributed by atoms with Gasteiger partial charge in [0.05, 0.1) is 12.1 Å². The molecule has 1 fully saturated rings. The third-order valence-corrected chi connectivity index (χ3v) is 5.52. The van der Waals surface area contributed by atoms with Gasteiger partial charge in [0, 0.05) is 37.8 Å². The molecule has 0 aromatic heterocycles. The summed E-state index contributed by atoms with van der Waals surface area (Å²) in [6.45, 7) is 6.14. The number of carbonyl (C=O) groups excluding carboxylic acids is 1. The summed E-state index contributed by atoms with van der Waals surface area (Å²) in [4.78, 5) is 16.9. The molecule has 2 aromatic carbocycles. The van der Waals surface area contributed by atoms with Crippen LogP contribution < -0.4 is 9.47 Å². The van der Waals surface area contributed by atoms with E-state index in [1.165, 1.54) is 12.1 Å². The van der Waals surface area contributed by atoms with Crippen LogP contribution in [0.15, 0.2) is 42.5 Å². The second-order valence-electron chi connectivity index (χ2n) is 7.39. The number of piperazine rings is 1. The van der Waals surface area contributed by atoms with Gasteiger partial charge in [0.1, 0.15) is 17.3 Å². The summed E-state index contributed by atoms with van der Waals surface area (Å²) in [5, 5.41) is 0.405. The van der Waals surface area contributed by atoms with Crippen LogP contribution in [-0.4, -0.2) is 54.6 Å². The number of nitrogens with zero attached hydrogens (tertiary/aromatic N) is 2. The standard InChI is InChI=1S/C22H26ClFN2O3/c1-15-12-26(16(2)11-25(15)13-17-4-6-18(24)7-5-17)22(27)14-29-21-9-8-19(28-3)10-20(21)23/h4-10,15-16H,11-14H2,1-3H3. The molecule has 7 heteroatoms. The Hall–Kier alpha value is -2.31. The average Bonchev–Trinajstić information content (AvgIpc) is 2.70. The maximum atomic E-state index is 13.1. The lowest BCUT2D eigenvalue weighted by molar-refractivity contribution is -0.139. The van der Waals surface area contributed by atoms with Crippen molar-refractivity contribution in [3.8, 4) is 11.5 Å². The number of rotatable bonds is 6. The number of methoxy groups -OCH3 is 1. The lowest BCUT2D eigenvalue weighted by Gasteiger charge is -2.44. The van der Waals surface area contributed by atoms with Crippen LogP contribution in [0.2, 0.25) is 5.02 Å². The first kappa shape index (κ1) is 21.4. The van der Waals surface area contributed by atoms with Gasteiger partial charge < -0.3 is 14.4 Å². The number of hydrogen-bond donors (Lipinski definition) is 0. The maximum Gasteiger partial charge on any atom is 0.260 e. The van der Waals surface area contributed by atoms with E-state index in [1.807, 2.05) is 11.8 Å². The van der Waals surface area contributed by atoms with Gasteiger partial charge in [-0.25, -0.2) is 4.39 Å². The van der Waals surface area contributed by atoms with Crippen LogP contribution in [0.1, 0.15) is 19.4 Å². The maximum absolute atomic E-state index is 13.1. The molecule has 0 N–H and O–H groups in total. The van der Waals surface area contributed by atoms with Crippen LogP contribution in [-0.2, 0) is 11.3 Å². The van der Waals surface area contributed by atoms with Gasteiger partial charge in [-0.2, -0.15) is 0 Å². The highest BCUT2D eigenvalue weighted by Crippen LogP contribution is 2.29. The van der Waals surface area contributed by atoms with Crippen molar-refractivity contribution in [1.29, 1.82) is 0 Å². The van der Waals surface area contributed by atoms with E-state index in [0.29, 0.717) is 23.1 Å². The number of hydrogen-bond acceptors (Lipinski definition) is 4. The zero-order valence-corrected chi connectivity index (χ0v) is 17.7. The first-order valence-corrected chi connectivity index (χ1v) is 9.99. The molecule has 2 unspecified atom stereocenters. The van der Waals surface area contributed by atoms with Crippen LogP contribution in [0.4, 0.5) is 4.39 Å². The van der Waals surface area contributed by atoms with E-state index < -0.39 is 0 Å².